The zero-order valence-corrected chi connectivity index (χ0v) is 12.3. The SMILES string of the molecule is CCOc1ccccc1N1C(=O)C2CC=C(C)CC2C1=O. The van der Waals surface area contributed by atoms with E-state index in [-0.39, 0.29) is 23.7 Å². The molecule has 1 aromatic carbocycles. The highest BCUT2D eigenvalue weighted by Gasteiger charge is 2.49. The smallest absolute Gasteiger partial charge is 0.238 e. The van der Waals surface area contributed by atoms with Gasteiger partial charge in [-0.3, -0.25) is 9.59 Å². The molecule has 2 aliphatic rings. The summed E-state index contributed by atoms with van der Waals surface area (Å²) in [5, 5.41) is 0. The van der Waals surface area contributed by atoms with Gasteiger partial charge in [0.2, 0.25) is 11.8 Å². The molecule has 3 rings (SSSR count). The van der Waals surface area contributed by atoms with Gasteiger partial charge in [-0.05, 0) is 38.8 Å². The van der Waals surface area contributed by atoms with Crippen molar-refractivity contribution in [1.82, 2.24) is 0 Å². The summed E-state index contributed by atoms with van der Waals surface area (Å²) >= 11 is 0. The molecule has 2 atom stereocenters. The quantitative estimate of drug-likeness (QED) is 0.633. The summed E-state index contributed by atoms with van der Waals surface area (Å²) in [4.78, 5) is 26.6. The molecule has 2 unspecified atom stereocenters. The Kier molecular flexibility index (Phi) is 3.53. The van der Waals surface area contributed by atoms with Crippen molar-refractivity contribution in [3.8, 4) is 5.75 Å². The van der Waals surface area contributed by atoms with Gasteiger partial charge in [0, 0.05) is 0 Å². The van der Waals surface area contributed by atoms with Crippen LogP contribution < -0.4 is 9.64 Å². The fourth-order valence-corrected chi connectivity index (χ4v) is 3.19. The highest BCUT2D eigenvalue weighted by Crippen LogP contribution is 2.42. The molecular weight excluding hydrogens is 266 g/mol. The Balaban J connectivity index is 1.97. The van der Waals surface area contributed by atoms with E-state index in [0.29, 0.717) is 30.9 Å². The number of anilines is 1. The second-order valence-electron chi connectivity index (χ2n) is 5.62. The Morgan fingerprint density at radius 2 is 1.90 bits per heavy atom. The van der Waals surface area contributed by atoms with E-state index in [1.807, 2.05) is 26.0 Å². The first-order valence-corrected chi connectivity index (χ1v) is 7.38. The van der Waals surface area contributed by atoms with Crippen molar-refractivity contribution in [2.24, 2.45) is 11.8 Å². The van der Waals surface area contributed by atoms with Crippen molar-refractivity contribution in [2.45, 2.75) is 26.7 Å². The molecular formula is C17H19NO3. The third-order valence-electron chi connectivity index (χ3n) is 4.23. The van der Waals surface area contributed by atoms with Gasteiger partial charge in [0.1, 0.15) is 5.75 Å². The predicted octanol–water partition coefficient (Wildman–Crippen LogP) is 2.93. The van der Waals surface area contributed by atoms with Gasteiger partial charge in [-0.1, -0.05) is 23.8 Å². The maximum Gasteiger partial charge on any atom is 0.238 e. The van der Waals surface area contributed by atoms with Gasteiger partial charge in [0.25, 0.3) is 0 Å². The molecule has 0 radical (unpaired) electrons. The van der Waals surface area contributed by atoms with Crippen molar-refractivity contribution >= 4 is 17.5 Å². The van der Waals surface area contributed by atoms with Gasteiger partial charge in [0.05, 0.1) is 24.1 Å². The minimum absolute atomic E-state index is 0.0930. The molecule has 0 saturated carbocycles. The molecule has 1 saturated heterocycles. The number of imide groups is 1. The second kappa shape index (κ2) is 5.35. The number of allylic oxidation sites excluding steroid dienone is 2. The number of amides is 2. The zero-order valence-electron chi connectivity index (χ0n) is 12.3. The average molecular weight is 285 g/mol. The molecule has 0 N–H and O–H groups in total. The van der Waals surface area contributed by atoms with Crippen molar-refractivity contribution < 1.29 is 14.3 Å². The zero-order chi connectivity index (χ0) is 15.0. The molecule has 1 heterocycles. The molecule has 1 aliphatic heterocycles. The molecule has 1 fully saturated rings. The summed E-state index contributed by atoms with van der Waals surface area (Å²) < 4.78 is 5.56. The van der Waals surface area contributed by atoms with Gasteiger partial charge in [-0.25, -0.2) is 4.90 Å². The van der Waals surface area contributed by atoms with Crippen LogP contribution in [0, 0.1) is 11.8 Å². The van der Waals surface area contributed by atoms with Crippen LogP contribution in [0.25, 0.3) is 0 Å². The van der Waals surface area contributed by atoms with E-state index < -0.39 is 0 Å². The molecule has 1 aromatic rings. The monoisotopic (exact) mass is 285 g/mol. The second-order valence-corrected chi connectivity index (χ2v) is 5.62. The Labute approximate surface area is 124 Å². The van der Waals surface area contributed by atoms with Gasteiger partial charge in [0.15, 0.2) is 0 Å². The van der Waals surface area contributed by atoms with E-state index in [1.165, 1.54) is 10.5 Å². The molecule has 2 amide bonds. The van der Waals surface area contributed by atoms with Crippen LogP contribution in [0.4, 0.5) is 5.69 Å². The van der Waals surface area contributed by atoms with Crippen molar-refractivity contribution in [1.29, 1.82) is 0 Å². The van der Waals surface area contributed by atoms with Crippen LogP contribution in [-0.2, 0) is 9.59 Å². The van der Waals surface area contributed by atoms with Crippen molar-refractivity contribution in [3.63, 3.8) is 0 Å². The van der Waals surface area contributed by atoms with E-state index in [0.717, 1.165) is 0 Å². The molecule has 0 aromatic heterocycles. The van der Waals surface area contributed by atoms with Gasteiger partial charge < -0.3 is 4.74 Å². The molecule has 1 aliphatic carbocycles. The first-order chi connectivity index (χ1) is 10.1. The molecule has 4 nitrogen and oxygen atoms in total. The summed E-state index contributed by atoms with van der Waals surface area (Å²) in [6.45, 7) is 4.41. The number of carbonyl (C=O) groups excluding carboxylic acids is 2. The summed E-state index contributed by atoms with van der Waals surface area (Å²) in [5.74, 6) is -0.0244. The van der Waals surface area contributed by atoms with Crippen LogP contribution in [0.5, 0.6) is 5.75 Å². The van der Waals surface area contributed by atoms with Gasteiger partial charge >= 0.3 is 0 Å². The third-order valence-corrected chi connectivity index (χ3v) is 4.23. The number of hydrogen-bond donors (Lipinski definition) is 0. The minimum atomic E-state index is -0.212. The first-order valence-electron chi connectivity index (χ1n) is 7.38. The normalized spacial score (nSPS) is 24.9. The van der Waals surface area contributed by atoms with E-state index in [4.69, 9.17) is 4.74 Å². The summed E-state index contributed by atoms with van der Waals surface area (Å²) in [5.41, 5.74) is 1.76. The highest BCUT2D eigenvalue weighted by atomic mass is 16.5. The largest absolute Gasteiger partial charge is 0.492 e. The van der Waals surface area contributed by atoms with Crippen LogP contribution in [0.2, 0.25) is 0 Å². The molecule has 21 heavy (non-hydrogen) atoms. The number of carbonyl (C=O) groups is 2. The fourth-order valence-electron chi connectivity index (χ4n) is 3.19. The van der Waals surface area contributed by atoms with Gasteiger partial charge in [-0.2, -0.15) is 0 Å². The lowest BCUT2D eigenvalue weighted by molar-refractivity contribution is -0.122. The lowest BCUT2D eigenvalue weighted by Crippen LogP contribution is -2.31. The van der Waals surface area contributed by atoms with Crippen LogP contribution in [-0.4, -0.2) is 18.4 Å². The third kappa shape index (κ3) is 2.24. The van der Waals surface area contributed by atoms with E-state index in [2.05, 4.69) is 6.08 Å². The number of rotatable bonds is 3. The standard InChI is InChI=1S/C17H19NO3/c1-3-21-15-7-5-4-6-14(15)18-16(19)12-9-8-11(2)10-13(12)17(18)20/h4-8,12-13H,3,9-10H2,1-2H3. The van der Waals surface area contributed by atoms with Crippen molar-refractivity contribution in [3.05, 3.63) is 35.9 Å². The Morgan fingerprint density at radius 1 is 1.19 bits per heavy atom. The fraction of sp³-hybridized carbons (Fsp3) is 0.412. The molecule has 4 heteroatoms. The maximum atomic E-state index is 12.7. The van der Waals surface area contributed by atoms with Crippen LogP contribution >= 0.6 is 0 Å². The number of nitrogens with zero attached hydrogens (tertiary/aromatic N) is 1. The van der Waals surface area contributed by atoms with E-state index in [9.17, 15) is 9.59 Å². The minimum Gasteiger partial charge on any atom is -0.492 e. The highest BCUT2D eigenvalue weighted by molar-refractivity contribution is 6.22. The summed E-state index contributed by atoms with van der Waals surface area (Å²) in [7, 11) is 0. The molecule has 0 bridgehead atoms. The molecule has 110 valence electrons. The Morgan fingerprint density at radius 3 is 2.67 bits per heavy atom. The van der Waals surface area contributed by atoms with Crippen LogP contribution in [0.15, 0.2) is 35.9 Å². The lowest BCUT2D eigenvalue weighted by Gasteiger charge is -2.19. The predicted molar refractivity (Wildman–Crippen MR) is 80.1 cm³/mol. The van der Waals surface area contributed by atoms with E-state index in [1.54, 1.807) is 12.1 Å². The van der Waals surface area contributed by atoms with Crippen LogP contribution in [0.3, 0.4) is 0 Å². The number of hydrogen-bond acceptors (Lipinski definition) is 3. The number of ether oxygens (including phenoxy) is 1. The number of para-hydroxylation sites is 2. The summed E-state index contributed by atoms with van der Waals surface area (Å²) in [6.07, 6.45) is 3.42. The maximum absolute atomic E-state index is 12.7. The number of benzene rings is 1. The average Bonchev–Trinajstić information content (AvgIpc) is 2.72. The lowest BCUT2D eigenvalue weighted by atomic mass is 9.82. The van der Waals surface area contributed by atoms with Gasteiger partial charge in [-0.15, -0.1) is 0 Å². The Hall–Kier alpha value is -2.10. The Bertz CT molecular complexity index is 620. The molecule has 0 spiro atoms. The topological polar surface area (TPSA) is 46.6 Å². The van der Waals surface area contributed by atoms with Crippen molar-refractivity contribution in [2.75, 3.05) is 11.5 Å². The van der Waals surface area contributed by atoms with Crippen LogP contribution in [0.1, 0.15) is 26.7 Å². The van der Waals surface area contributed by atoms with E-state index >= 15 is 0 Å². The summed E-state index contributed by atoms with van der Waals surface area (Å²) in [6, 6.07) is 7.24. The number of fused-ring (bicyclic) bond motifs is 1. The first kappa shape index (κ1) is 13.9.